The van der Waals surface area contributed by atoms with E-state index in [1.165, 1.54) is 5.56 Å². The maximum Gasteiger partial charge on any atom is 0.276 e. The predicted molar refractivity (Wildman–Crippen MR) is 92.5 cm³/mol. The first kappa shape index (κ1) is 17.5. The number of piperidine rings is 1. The largest absolute Gasteiger partial charge is 0.497 e. The van der Waals surface area contributed by atoms with Crippen LogP contribution in [0.25, 0.3) is 0 Å². The first-order valence-electron chi connectivity index (χ1n) is 8.56. The molecule has 0 saturated carbocycles. The molecule has 0 spiro atoms. The second kappa shape index (κ2) is 8.16. The molecule has 25 heavy (non-hydrogen) atoms. The zero-order valence-corrected chi connectivity index (χ0v) is 14.7. The number of ether oxygens (including phenoxy) is 2. The molecule has 6 nitrogen and oxygen atoms in total. The molecule has 0 unspecified atom stereocenters. The number of benzene rings is 1. The van der Waals surface area contributed by atoms with Crippen LogP contribution in [0.15, 0.2) is 34.9 Å². The number of aromatic nitrogens is 1. The fraction of sp³-hybridized carbons (Fsp3) is 0.474. The Kier molecular flexibility index (Phi) is 5.71. The van der Waals surface area contributed by atoms with Crippen LogP contribution in [-0.2, 0) is 17.8 Å². The number of carbonyl (C=O) groups is 1. The molecule has 1 fully saturated rings. The average Bonchev–Trinajstić information content (AvgIpc) is 3.11. The zero-order chi connectivity index (χ0) is 17.6. The van der Waals surface area contributed by atoms with Crippen molar-refractivity contribution in [3.05, 3.63) is 47.3 Å². The first-order chi connectivity index (χ1) is 12.2. The van der Waals surface area contributed by atoms with Crippen molar-refractivity contribution in [3.8, 4) is 5.75 Å². The summed E-state index contributed by atoms with van der Waals surface area (Å²) < 4.78 is 15.3. The standard InChI is InChI=1S/C19H24N2O4/c1-23-13-17-12-18(20-25-17)19(22)21-9-7-15(8-10-21)11-14-3-5-16(24-2)6-4-14/h3-6,12,15H,7-11,13H2,1-2H3. The number of amides is 1. The summed E-state index contributed by atoms with van der Waals surface area (Å²) in [6.07, 6.45) is 3.04. The molecule has 1 aromatic heterocycles. The topological polar surface area (TPSA) is 64.8 Å². The molecule has 0 radical (unpaired) electrons. The molecule has 0 aliphatic carbocycles. The van der Waals surface area contributed by atoms with Gasteiger partial charge in [-0.1, -0.05) is 17.3 Å². The highest BCUT2D eigenvalue weighted by atomic mass is 16.5. The molecule has 2 heterocycles. The van der Waals surface area contributed by atoms with E-state index in [1.54, 1.807) is 20.3 Å². The van der Waals surface area contributed by atoms with Crippen LogP contribution in [0.5, 0.6) is 5.75 Å². The number of likely N-dealkylation sites (tertiary alicyclic amines) is 1. The Balaban J connectivity index is 1.51. The van der Waals surface area contributed by atoms with Gasteiger partial charge in [-0.15, -0.1) is 0 Å². The van der Waals surface area contributed by atoms with Crippen LogP contribution in [0.1, 0.15) is 34.7 Å². The molecule has 0 bridgehead atoms. The van der Waals surface area contributed by atoms with E-state index in [2.05, 4.69) is 17.3 Å². The summed E-state index contributed by atoms with van der Waals surface area (Å²) in [5.41, 5.74) is 1.67. The minimum absolute atomic E-state index is 0.0611. The zero-order valence-electron chi connectivity index (χ0n) is 14.7. The lowest BCUT2D eigenvalue weighted by Gasteiger charge is -2.31. The van der Waals surface area contributed by atoms with Gasteiger partial charge in [-0.05, 0) is 42.9 Å². The summed E-state index contributed by atoms with van der Waals surface area (Å²) in [4.78, 5) is 14.4. The fourth-order valence-electron chi connectivity index (χ4n) is 3.22. The quantitative estimate of drug-likeness (QED) is 0.806. The van der Waals surface area contributed by atoms with Gasteiger partial charge in [0, 0.05) is 26.3 Å². The Morgan fingerprint density at radius 2 is 1.96 bits per heavy atom. The minimum atomic E-state index is -0.0611. The van der Waals surface area contributed by atoms with E-state index in [1.807, 2.05) is 17.0 Å². The van der Waals surface area contributed by atoms with Crippen molar-refractivity contribution in [1.82, 2.24) is 10.1 Å². The summed E-state index contributed by atoms with van der Waals surface area (Å²) in [5.74, 6) is 1.98. The molecule has 3 rings (SSSR count). The lowest BCUT2D eigenvalue weighted by molar-refractivity contribution is 0.0679. The Labute approximate surface area is 147 Å². The van der Waals surface area contributed by atoms with Crippen molar-refractivity contribution in [2.75, 3.05) is 27.3 Å². The number of methoxy groups -OCH3 is 2. The van der Waals surface area contributed by atoms with Crippen molar-refractivity contribution in [2.45, 2.75) is 25.9 Å². The predicted octanol–water partition coefficient (Wildman–Crippen LogP) is 2.92. The first-order valence-corrected chi connectivity index (χ1v) is 8.56. The van der Waals surface area contributed by atoms with E-state index >= 15 is 0 Å². The van der Waals surface area contributed by atoms with Gasteiger partial charge in [0.25, 0.3) is 5.91 Å². The van der Waals surface area contributed by atoms with Gasteiger partial charge >= 0.3 is 0 Å². The highest BCUT2D eigenvalue weighted by Gasteiger charge is 2.25. The Hall–Kier alpha value is -2.34. The van der Waals surface area contributed by atoms with Gasteiger partial charge in [-0.25, -0.2) is 0 Å². The van der Waals surface area contributed by atoms with Crippen LogP contribution in [-0.4, -0.2) is 43.3 Å². The number of hydrogen-bond acceptors (Lipinski definition) is 5. The van der Waals surface area contributed by atoms with Gasteiger partial charge in [-0.2, -0.15) is 0 Å². The molecule has 6 heteroatoms. The van der Waals surface area contributed by atoms with Gasteiger partial charge in [0.05, 0.1) is 7.11 Å². The monoisotopic (exact) mass is 344 g/mol. The van der Waals surface area contributed by atoms with E-state index in [-0.39, 0.29) is 5.91 Å². The van der Waals surface area contributed by atoms with E-state index < -0.39 is 0 Å². The molecule has 0 N–H and O–H groups in total. The second-order valence-corrected chi connectivity index (χ2v) is 6.40. The van der Waals surface area contributed by atoms with Crippen molar-refractivity contribution in [2.24, 2.45) is 5.92 Å². The molecule has 0 atom stereocenters. The van der Waals surface area contributed by atoms with Crippen LogP contribution in [0.2, 0.25) is 0 Å². The van der Waals surface area contributed by atoms with Crippen LogP contribution >= 0.6 is 0 Å². The van der Waals surface area contributed by atoms with Crippen LogP contribution in [0.3, 0.4) is 0 Å². The van der Waals surface area contributed by atoms with Gasteiger partial charge in [0.15, 0.2) is 11.5 Å². The molecule has 134 valence electrons. The van der Waals surface area contributed by atoms with Crippen molar-refractivity contribution in [3.63, 3.8) is 0 Å². The van der Waals surface area contributed by atoms with Crippen molar-refractivity contribution < 1.29 is 18.8 Å². The maximum absolute atomic E-state index is 12.5. The Bertz CT molecular complexity index is 688. The summed E-state index contributed by atoms with van der Waals surface area (Å²) in [6.45, 7) is 1.84. The summed E-state index contributed by atoms with van der Waals surface area (Å²) in [6, 6.07) is 9.88. The van der Waals surface area contributed by atoms with E-state index in [0.29, 0.717) is 24.0 Å². The molecule has 2 aromatic rings. The van der Waals surface area contributed by atoms with Gasteiger partial charge in [0.2, 0.25) is 0 Å². The molecule has 1 aliphatic rings. The normalized spacial score (nSPS) is 15.4. The molecule has 1 aliphatic heterocycles. The van der Waals surface area contributed by atoms with Crippen molar-refractivity contribution in [1.29, 1.82) is 0 Å². The van der Waals surface area contributed by atoms with Crippen LogP contribution < -0.4 is 4.74 Å². The summed E-state index contributed by atoms with van der Waals surface area (Å²) in [7, 11) is 3.26. The number of rotatable bonds is 6. The Morgan fingerprint density at radius 3 is 2.60 bits per heavy atom. The molecular weight excluding hydrogens is 320 g/mol. The van der Waals surface area contributed by atoms with Gasteiger partial charge < -0.3 is 18.9 Å². The van der Waals surface area contributed by atoms with E-state index in [4.69, 9.17) is 14.0 Å². The smallest absolute Gasteiger partial charge is 0.276 e. The fourth-order valence-corrected chi connectivity index (χ4v) is 3.22. The minimum Gasteiger partial charge on any atom is -0.497 e. The van der Waals surface area contributed by atoms with Crippen LogP contribution in [0, 0.1) is 5.92 Å². The van der Waals surface area contributed by atoms with Crippen molar-refractivity contribution >= 4 is 5.91 Å². The third-order valence-electron chi connectivity index (χ3n) is 4.65. The third-order valence-corrected chi connectivity index (χ3v) is 4.65. The SMILES string of the molecule is COCc1cc(C(=O)N2CCC(Cc3ccc(OC)cc3)CC2)no1. The second-order valence-electron chi connectivity index (χ2n) is 6.40. The summed E-state index contributed by atoms with van der Waals surface area (Å²) >= 11 is 0. The maximum atomic E-state index is 12.5. The van der Waals surface area contributed by atoms with Gasteiger partial charge in [0.1, 0.15) is 12.4 Å². The molecule has 1 aromatic carbocycles. The number of hydrogen-bond donors (Lipinski definition) is 0. The summed E-state index contributed by atoms with van der Waals surface area (Å²) in [5, 5.41) is 3.85. The number of nitrogens with zero attached hydrogens (tertiary/aromatic N) is 2. The third kappa shape index (κ3) is 4.39. The van der Waals surface area contributed by atoms with E-state index in [0.717, 1.165) is 38.1 Å². The van der Waals surface area contributed by atoms with Gasteiger partial charge in [-0.3, -0.25) is 4.79 Å². The van der Waals surface area contributed by atoms with Crippen LogP contribution in [0.4, 0.5) is 0 Å². The average molecular weight is 344 g/mol. The highest BCUT2D eigenvalue weighted by molar-refractivity contribution is 5.92. The molecule has 1 amide bonds. The molecule has 1 saturated heterocycles. The molecular formula is C19H24N2O4. The van der Waals surface area contributed by atoms with E-state index in [9.17, 15) is 4.79 Å². The Morgan fingerprint density at radius 1 is 1.24 bits per heavy atom. The lowest BCUT2D eigenvalue weighted by atomic mass is 9.90. The highest BCUT2D eigenvalue weighted by Crippen LogP contribution is 2.24. The number of carbonyl (C=O) groups excluding carboxylic acids is 1. The lowest BCUT2D eigenvalue weighted by Crippen LogP contribution is -2.39.